The highest BCUT2D eigenvalue weighted by molar-refractivity contribution is 7.91. The highest BCUT2D eigenvalue weighted by atomic mass is 32.2. The number of methoxy groups -OCH3 is 1. The summed E-state index contributed by atoms with van der Waals surface area (Å²) in [4.78, 5) is 8.94. The van der Waals surface area contributed by atoms with Gasteiger partial charge in [-0.1, -0.05) is 18.2 Å². The molecule has 32 heavy (non-hydrogen) atoms. The van der Waals surface area contributed by atoms with E-state index in [1.807, 2.05) is 30.3 Å². The number of para-hydroxylation sites is 1. The van der Waals surface area contributed by atoms with Gasteiger partial charge in [-0.2, -0.15) is 0 Å². The predicted octanol–water partition coefficient (Wildman–Crippen LogP) is 2.14. The molecule has 9 nitrogen and oxygen atoms in total. The lowest BCUT2D eigenvalue weighted by atomic mass is 10.1. The van der Waals surface area contributed by atoms with E-state index in [1.165, 1.54) is 11.3 Å². The Kier molecular flexibility index (Phi) is 5.82. The monoisotopic (exact) mass is 474 g/mol. The summed E-state index contributed by atoms with van der Waals surface area (Å²) in [6.45, 7) is 0.592. The number of hydrogen-bond acceptors (Lipinski definition) is 9. The average Bonchev–Trinajstić information content (AvgIpc) is 3.55. The number of nitrogens with zero attached hydrogens (tertiary/aromatic N) is 2. The van der Waals surface area contributed by atoms with Crippen molar-refractivity contribution in [2.45, 2.75) is 28.5 Å². The van der Waals surface area contributed by atoms with Crippen molar-refractivity contribution in [3.05, 3.63) is 54.0 Å². The minimum Gasteiger partial charge on any atom is -0.496 e. The number of hydrogen-bond donors (Lipinski definition) is 2. The number of aromatic nitrogens is 2. The van der Waals surface area contributed by atoms with Crippen molar-refractivity contribution >= 4 is 27.3 Å². The summed E-state index contributed by atoms with van der Waals surface area (Å²) in [5.41, 5.74) is 1.59. The van der Waals surface area contributed by atoms with E-state index in [0.717, 1.165) is 17.0 Å². The number of sulfonamides is 1. The highest BCUT2D eigenvalue weighted by Crippen LogP contribution is 2.31. The van der Waals surface area contributed by atoms with Crippen LogP contribution in [0.2, 0.25) is 0 Å². The van der Waals surface area contributed by atoms with E-state index >= 15 is 0 Å². The highest BCUT2D eigenvalue weighted by Gasteiger charge is 2.49. The molecule has 4 heterocycles. The van der Waals surface area contributed by atoms with Crippen molar-refractivity contribution < 1.29 is 22.6 Å². The first-order valence-electron chi connectivity index (χ1n) is 10.1. The van der Waals surface area contributed by atoms with Gasteiger partial charge in [-0.15, -0.1) is 11.3 Å². The van der Waals surface area contributed by atoms with Gasteiger partial charge in [-0.05, 0) is 29.6 Å². The molecule has 0 amide bonds. The van der Waals surface area contributed by atoms with Crippen molar-refractivity contribution in [1.29, 1.82) is 0 Å². The van der Waals surface area contributed by atoms with Crippen LogP contribution >= 0.6 is 11.3 Å². The Hall–Kier alpha value is -2.57. The maximum absolute atomic E-state index is 12.6. The molecule has 2 N–H and O–H groups in total. The molecular formula is C21H22N4O5S2. The van der Waals surface area contributed by atoms with E-state index in [9.17, 15) is 8.42 Å². The molecule has 4 atom stereocenters. The third-order valence-electron chi connectivity index (χ3n) is 5.47. The third kappa shape index (κ3) is 4.09. The molecular weight excluding hydrogens is 452 g/mol. The fraction of sp³-hybridized carbons (Fsp3) is 0.333. The lowest BCUT2D eigenvalue weighted by Gasteiger charge is -2.18. The second-order valence-electron chi connectivity index (χ2n) is 7.47. The van der Waals surface area contributed by atoms with Crippen LogP contribution in [0.3, 0.4) is 0 Å². The van der Waals surface area contributed by atoms with Crippen LogP contribution in [0, 0.1) is 0 Å². The van der Waals surface area contributed by atoms with Gasteiger partial charge in [0.15, 0.2) is 0 Å². The number of fused-ring (bicyclic) bond motifs is 1. The Morgan fingerprint density at radius 3 is 2.62 bits per heavy atom. The van der Waals surface area contributed by atoms with E-state index in [4.69, 9.17) is 14.2 Å². The second-order valence-corrected chi connectivity index (χ2v) is 10.4. The summed E-state index contributed by atoms with van der Waals surface area (Å²) < 4.78 is 45.4. The zero-order valence-corrected chi connectivity index (χ0v) is 18.8. The number of thiophene rings is 1. The summed E-state index contributed by atoms with van der Waals surface area (Å²) >= 11 is 1.17. The van der Waals surface area contributed by atoms with E-state index < -0.39 is 16.1 Å². The van der Waals surface area contributed by atoms with Gasteiger partial charge in [-0.3, -0.25) is 0 Å². The van der Waals surface area contributed by atoms with Crippen molar-refractivity contribution in [1.82, 2.24) is 14.7 Å². The smallest absolute Gasteiger partial charge is 0.250 e. The van der Waals surface area contributed by atoms with Crippen molar-refractivity contribution in [2.75, 3.05) is 25.6 Å². The molecule has 5 rings (SSSR count). The van der Waals surface area contributed by atoms with Gasteiger partial charge in [0.1, 0.15) is 22.2 Å². The Bertz CT molecular complexity index is 1190. The zero-order chi connectivity index (χ0) is 22.1. The van der Waals surface area contributed by atoms with Crippen molar-refractivity contribution in [2.24, 2.45) is 0 Å². The summed E-state index contributed by atoms with van der Waals surface area (Å²) in [7, 11) is -1.99. The summed E-state index contributed by atoms with van der Waals surface area (Å²) in [6, 6.07) is 12.1. The number of benzene rings is 1. The average molecular weight is 475 g/mol. The number of anilines is 1. The maximum Gasteiger partial charge on any atom is 0.250 e. The molecule has 0 unspecified atom stereocenters. The maximum atomic E-state index is 12.6. The fourth-order valence-electron chi connectivity index (χ4n) is 4.00. The molecule has 0 saturated carbocycles. The van der Waals surface area contributed by atoms with Crippen LogP contribution in [0.1, 0.15) is 0 Å². The zero-order valence-electron chi connectivity index (χ0n) is 17.2. The van der Waals surface area contributed by atoms with Gasteiger partial charge in [0, 0.05) is 11.8 Å². The molecule has 0 bridgehead atoms. The van der Waals surface area contributed by atoms with Crippen LogP contribution in [0.5, 0.6) is 5.75 Å². The van der Waals surface area contributed by atoms with Gasteiger partial charge in [-0.25, -0.2) is 23.1 Å². The van der Waals surface area contributed by atoms with E-state index in [-0.39, 0.29) is 29.1 Å². The first-order valence-corrected chi connectivity index (χ1v) is 12.4. The molecule has 168 valence electrons. The van der Waals surface area contributed by atoms with E-state index in [2.05, 4.69) is 20.0 Å². The molecule has 2 aliphatic rings. The molecule has 2 saturated heterocycles. The summed E-state index contributed by atoms with van der Waals surface area (Å²) in [5, 5.41) is 5.01. The Morgan fingerprint density at radius 1 is 1.06 bits per heavy atom. The van der Waals surface area contributed by atoms with Gasteiger partial charge in [0.05, 0.1) is 38.1 Å². The normalized spacial score (nSPS) is 24.9. The van der Waals surface area contributed by atoms with Crippen LogP contribution in [0.15, 0.2) is 58.3 Å². The minimum absolute atomic E-state index is 0.204. The molecule has 2 fully saturated rings. The number of rotatable bonds is 7. The van der Waals surface area contributed by atoms with E-state index in [0.29, 0.717) is 12.6 Å². The quantitative estimate of drug-likeness (QED) is 0.536. The fourth-order valence-corrected chi connectivity index (χ4v) is 6.24. The molecule has 0 spiro atoms. The molecule has 2 aliphatic heterocycles. The standard InChI is InChI=1S/C21H22N4O5S2/c1-28-17-6-3-2-5-13(17)14-8-9-22-21(23-14)24-15-11-29-20-16(12-30-19(15)20)25-32(26,27)18-7-4-10-31-18/h2-10,15-16,19-20,25H,11-12H2,1H3,(H,22,23,24)/t15-,16+,19-,20+/m1/s1. The molecule has 0 aliphatic carbocycles. The molecule has 0 radical (unpaired) electrons. The first kappa shape index (κ1) is 21.3. The third-order valence-corrected chi connectivity index (χ3v) is 8.36. The molecule has 11 heteroatoms. The lowest BCUT2D eigenvalue weighted by molar-refractivity contribution is 0.0690. The topological polar surface area (TPSA) is 112 Å². The van der Waals surface area contributed by atoms with Gasteiger partial charge < -0.3 is 19.5 Å². The van der Waals surface area contributed by atoms with Crippen LogP contribution in [-0.2, 0) is 19.5 Å². The summed E-state index contributed by atoms with van der Waals surface area (Å²) in [6.07, 6.45) is 0.974. The second kappa shape index (κ2) is 8.75. The van der Waals surface area contributed by atoms with E-state index in [1.54, 1.807) is 30.8 Å². The van der Waals surface area contributed by atoms with Crippen LogP contribution in [0.4, 0.5) is 5.95 Å². The summed E-state index contributed by atoms with van der Waals surface area (Å²) in [5.74, 6) is 1.16. The molecule has 3 aromatic rings. The van der Waals surface area contributed by atoms with Crippen LogP contribution < -0.4 is 14.8 Å². The van der Waals surface area contributed by atoms with Gasteiger partial charge in [0.2, 0.25) is 16.0 Å². The predicted molar refractivity (Wildman–Crippen MR) is 119 cm³/mol. The minimum atomic E-state index is -3.61. The number of nitrogens with one attached hydrogen (secondary N) is 2. The Labute approximate surface area is 189 Å². The Morgan fingerprint density at radius 2 is 1.84 bits per heavy atom. The van der Waals surface area contributed by atoms with Gasteiger partial charge in [0.25, 0.3) is 0 Å². The van der Waals surface area contributed by atoms with Gasteiger partial charge >= 0.3 is 0 Å². The number of ether oxygens (including phenoxy) is 3. The first-order chi connectivity index (χ1) is 15.5. The van der Waals surface area contributed by atoms with Crippen LogP contribution in [-0.4, -0.2) is 63.0 Å². The molecule has 2 aromatic heterocycles. The SMILES string of the molecule is COc1ccccc1-c1ccnc(N[C@@H]2CO[C@@H]3[C@@H]2OC[C@@H]3NS(=O)(=O)c2cccs2)n1. The molecule has 1 aromatic carbocycles. The lowest BCUT2D eigenvalue weighted by Crippen LogP contribution is -2.44. The van der Waals surface area contributed by atoms with Crippen LogP contribution in [0.25, 0.3) is 11.3 Å². The van der Waals surface area contributed by atoms with Crippen molar-refractivity contribution in [3.8, 4) is 17.0 Å². The Balaban J connectivity index is 1.28. The van der Waals surface area contributed by atoms with Crippen molar-refractivity contribution in [3.63, 3.8) is 0 Å². The largest absolute Gasteiger partial charge is 0.496 e.